The quantitative estimate of drug-likeness (QED) is 0.161. The first-order valence-corrected chi connectivity index (χ1v) is 14.5. The van der Waals surface area contributed by atoms with Crippen LogP contribution in [0.15, 0.2) is 133 Å². The highest BCUT2D eigenvalue weighted by atomic mass is 15.1. The molecule has 0 radical (unpaired) electrons. The molecule has 40 heavy (non-hydrogen) atoms. The van der Waals surface area contributed by atoms with Crippen LogP contribution in [-0.4, -0.2) is 13.1 Å². The molecule has 0 unspecified atom stereocenters. The lowest BCUT2D eigenvalue weighted by molar-refractivity contribution is 0.831. The van der Waals surface area contributed by atoms with Crippen LogP contribution in [0.1, 0.15) is 47.2 Å². The molecule has 0 spiro atoms. The molecular weight excluding hydrogens is 484 g/mol. The van der Waals surface area contributed by atoms with Crippen LogP contribution in [0.4, 0.5) is 11.4 Å². The van der Waals surface area contributed by atoms with Crippen LogP contribution in [0.25, 0.3) is 0 Å². The van der Waals surface area contributed by atoms with Crippen molar-refractivity contribution >= 4 is 11.4 Å². The van der Waals surface area contributed by atoms with Crippen LogP contribution in [-0.2, 0) is 25.9 Å². The molecular formula is C38H40N2. The maximum absolute atomic E-state index is 2.42. The summed E-state index contributed by atoms with van der Waals surface area (Å²) in [5.41, 5.74) is 10.6. The number of rotatable bonds is 12. The lowest BCUT2D eigenvalue weighted by Gasteiger charge is -2.23. The Morgan fingerprint density at radius 3 is 0.950 bits per heavy atom. The Hall–Kier alpha value is -4.30. The normalized spacial score (nSPS) is 10.8. The van der Waals surface area contributed by atoms with E-state index in [1.165, 1.54) is 44.8 Å². The van der Waals surface area contributed by atoms with Crippen molar-refractivity contribution in [2.24, 2.45) is 0 Å². The third-order valence-corrected chi connectivity index (χ3v) is 7.64. The fourth-order valence-corrected chi connectivity index (χ4v) is 5.27. The second kappa shape index (κ2) is 13.7. The zero-order chi connectivity index (χ0) is 27.6. The molecule has 2 nitrogen and oxygen atoms in total. The Morgan fingerprint density at radius 2 is 0.650 bits per heavy atom. The Kier molecular flexibility index (Phi) is 9.32. The van der Waals surface area contributed by atoms with Crippen molar-refractivity contribution in [3.63, 3.8) is 0 Å². The topological polar surface area (TPSA) is 6.48 Å². The van der Waals surface area contributed by atoms with Gasteiger partial charge in [0.05, 0.1) is 0 Å². The van der Waals surface area contributed by atoms with E-state index in [1.807, 2.05) is 0 Å². The third-order valence-electron chi connectivity index (χ3n) is 7.64. The number of hydrogen-bond acceptors (Lipinski definition) is 2. The molecule has 0 aromatic heterocycles. The van der Waals surface area contributed by atoms with E-state index in [2.05, 4.69) is 157 Å². The molecule has 0 fully saturated rings. The van der Waals surface area contributed by atoms with E-state index in [0.29, 0.717) is 0 Å². The van der Waals surface area contributed by atoms with Gasteiger partial charge in [-0.3, -0.25) is 0 Å². The predicted octanol–water partition coefficient (Wildman–Crippen LogP) is 8.92. The van der Waals surface area contributed by atoms with Crippen LogP contribution < -0.4 is 9.80 Å². The van der Waals surface area contributed by atoms with E-state index in [-0.39, 0.29) is 0 Å². The minimum absolute atomic E-state index is 0.936. The fraction of sp³-hybridized carbons (Fsp3) is 0.211. The average molecular weight is 525 g/mol. The molecule has 5 aromatic rings. The van der Waals surface area contributed by atoms with E-state index in [1.54, 1.807) is 0 Å². The van der Waals surface area contributed by atoms with E-state index in [9.17, 15) is 0 Å². The highest BCUT2D eigenvalue weighted by Crippen LogP contribution is 2.22. The van der Waals surface area contributed by atoms with Gasteiger partial charge < -0.3 is 9.80 Å². The van der Waals surface area contributed by atoms with Gasteiger partial charge in [0.2, 0.25) is 0 Å². The van der Waals surface area contributed by atoms with E-state index >= 15 is 0 Å². The van der Waals surface area contributed by atoms with Crippen LogP contribution in [0.2, 0.25) is 0 Å². The summed E-state index contributed by atoms with van der Waals surface area (Å²) in [6, 6.07) is 48.7. The first-order valence-electron chi connectivity index (χ1n) is 14.5. The van der Waals surface area contributed by atoms with Crippen molar-refractivity contribution < 1.29 is 0 Å². The first-order chi connectivity index (χ1) is 19.7. The fourth-order valence-electron chi connectivity index (χ4n) is 5.27. The van der Waals surface area contributed by atoms with Gasteiger partial charge in [0.1, 0.15) is 0 Å². The Bertz CT molecular complexity index is 1310. The SMILES string of the molecule is CCN(Cc1ccccc1)c1ccc(Cc2ccc(Cc3ccc(N(CC)Cc4ccccc4)cc3)cc2)cc1. The number of anilines is 2. The molecule has 0 saturated heterocycles. The maximum Gasteiger partial charge on any atom is 0.0429 e. The number of nitrogens with zero attached hydrogens (tertiary/aromatic N) is 2. The lowest BCUT2D eigenvalue weighted by Crippen LogP contribution is -2.21. The molecule has 0 atom stereocenters. The monoisotopic (exact) mass is 524 g/mol. The van der Waals surface area contributed by atoms with E-state index in [4.69, 9.17) is 0 Å². The van der Waals surface area contributed by atoms with Gasteiger partial charge in [-0.1, -0.05) is 109 Å². The van der Waals surface area contributed by atoms with Crippen LogP contribution in [0.5, 0.6) is 0 Å². The molecule has 5 aromatic carbocycles. The molecule has 202 valence electrons. The summed E-state index contributed by atoms with van der Waals surface area (Å²) in [6.45, 7) is 8.29. The van der Waals surface area contributed by atoms with Gasteiger partial charge in [-0.25, -0.2) is 0 Å². The van der Waals surface area contributed by atoms with Crippen molar-refractivity contribution in [1.29, 1.82) is 0 Å². The summed E-state index contributed by atoms with van der Waals surface area (Å²) >= 11 is 0. The van der Waals surface area contributed by atoms with Crippen molar-refractivity contribution in [1.82, 2.24) is 0 Å². The van der Waals surface area contributed by atoms with Crippen LogP contribution >= 0.6 is 0 Å². The highest BCUT2D eigenvalue weighted by Gasteiger charge is 2.08. The Balaban J connectivity index is 1.16. The zero-order valence-corrected chi connectivity index (χ0v) is 23.8. The summed E-state index contributed by atoms with van der Waals surface area (Å²) in [4.78, 5) is 4.84. The van der Waals surface area contributed by atoms with E-state index < -0.39 is 0 Å². The third kappa shape index (κ3) is 7.42. The molecule has 0 N–H and O–H groups in total. The lowest BCUT2D eigenvalue weighted by atomic mass is 10.00. The molecule has 0 amide bonds. The summed E-state index contributed by atoms with van der Waals surface area (Å²) < 4.78 is 0. The Morgan fingerprint density at radius 1 is 0.350 bits per heavy atom. The van der Waals surface area contributed by atoms with E-state index in [0.717, 1.165) is 39.0 Å². The summed E-state index contributed by atoms with van der Waals surface area (Å²) in [5.74, 6) is 0. The van der Waals surface area contributed by atoms with Crippen molar-refractivity contribution in [2.45, 2.75) is 39.8 Å². The van der Waals surface area contributed by atoms with Crippen molar-refractivity contribution in [3.8, 4) is 0 Å². The van der Waals surface area contributed by atoms with Gasteiger partial charge in [0.25, 0.3) is 0 Å². The van der Waals surface area contributed by atoms with Gasteiger partial charge in [-0.2, -0.15) is 0 Å². The molecule has 0 aliphatic rings. The van der Waals surface area contributed by atoms with Gasteiger partial charge in [-0.05, 0) is 84.3 Å². The smallest absolute Gasteiger partial charge is 0.0429 e. The molecule has 0 heterocycles. The first kappa shape index (κ1) is 27.3. The van der Waals surface area contributed by atoms with Crippen molar-refractivity contribution in [2.75, 3.05) is 22.9 Å². The second-order valence-electron chi connectivity index (χ2n) is 10.5. The molecule has 0 aliphatic carbocycles. The van der Waals surface area contributed by atoms with Crippen LogP contribution in [0, 0.1) is 0 Å². The summed E-state index contributed by atoms with van der Waals surface area (Å²) in [5, 5.41) is 0. The molecule has 0 bridgehead atoms. The molecule has 0 saturated carbocycles. The van der Waals surface area contributed by atoms with Crippen molar-refractivity contribution in [3.05, 3.63) is 167 Å². The van der Waals surface area contributed by atoms with Gasteiger partial charge in [-0.15, -0.1) is 0 Å². The number of benzene rings is 5. The van der Waals surface area contributed by atoms with Gasteiger partial charge in [0.15, 0.2) is 0 Å². The minimum Gasteiger partial charge on any atom is -0.367 e. The van der Waals surface area contributed by atoms with Gasteiger partial charge in [0, 0.05) is 37.6 Å². The highest BCUT2D eigenvalue weighted by molar-refractivity contribution is 5.50. The molecule has 2 heteroatoms. The largest absolute Gasteiger partial charge is 0.367 e. The number of hydrogen-bond donors (Lipinski definition) is 0. The van der Waals surface area contributed by atoms with Crippen LogP contribution in [0.3, 0.4) is 0 Å². The minimum atomic E-state index is 0.936. The average Bonchev–Trinajstić information content (AvgIpc) is 3.01. The standard InChI is InChI=1S/C38H40N2/c1-3-39(29-35-11-7-5-8-12-35)37-23-19-33(20-24-37)27-31-15-17-32(18-16-31)28-34-21-25-38(26-22-34)40(4-2)30-36-13-9-6-10-14-36/h5-26H,3-4,27-30H2,1-2H3. The molecule has 0 aliphatic heterocycles. The van der Waals surface area contributed by atoms with Gasteiger partial charge >= 0.3 is 0 Å². The Labute approximate surface area is 240 Å². The predicted molar refractivity (Wildman–Crippen MR) is 171 cm³/mol. The molecule has 5 rings (SSSR count). The maximum atomic E-state index is 2.42. The second-order valence-corrected chi connectivity index (χ2v) is 10.5. The zero-order valence-electron chi connectivity index (χ0n) is 23.8. The summed E-state index contributed by atoms with van der Waals surface area (Å²) in [7, 11) is 0. The summed E-state index contributed by atoms with van der Waals surface area (Å²) in [6.07, 6.45) is 1.91.